The molecule has 0 bridgehead atoms. The third-order valence-corrected chi connectivity index (χ3v) is 5.16. The first-order valence-corrected chi connectivity index (χ1v) is 8.39. The van der Waals surface area contributed by atoms with E-state index in [1.54, 1.807) is 11.3 Å². The molecule has 1 aromatic heterocycles. The van der Waals surface area contributed by atoms with Gasteiger partial charge in [-0.15, -0.1) is 11.3 Å². The molecule has 7 heteroatoms. The van der Waals surface area contributed by atoms with Gasteiger partial charge in [-0.05, 0) is 28.9 Å². The summed E-state index contributed by atoms with van der Waals surface area (Å²) in [5.74, 6) is 0.0151. The van der Waals surface area contributed by atoms with Gasteiger partial charge in [0.25, 0.3) is 0 Å². The maximum Gasteiger partial charge on any atom is 0.239 e. The van der Waals surface area contributed by atoms with Crippen molar-refractivity contribution in [2.45, 2.75) is 19.0 Å². The van der Waals surface area contributed by atoms with E-state index in [-0.39, 0.29) is 18.0 Å². The second kappa shape index (κ2) is 7.51. The summed E-state index contributed by atoms with van der Waals surface area (Å²) in [4.78, 5) is 15.5. The van der Waals surface area contributed by atoms with Crippen molar-refractivity contribution < 1.29 is 9.53 Å². The Morgan fingerprint density at radius 1 is 1.75 bits per heavy atom. The number of likely N-dealkylation sites (N-methyl/N-ethyl adjacent to an activating group) is 1. The lowest BCUT2D eigenvalue weighted by Gasteiger charge is -2.39. The van der Waals surface area contributed by atoms with Gasteiger partial charge in [-0.2, -0.15) is 0 Å². The second-order valence-corrected chi connectivity index (χ2v) is 6.50. The summed E-state index contributed by atoms with van der Waals surface area (Å²) in [6.45, 7) is 4.82. The molecule has 0 aliphatic carbocycles. The minimum atomic E-state index is -0.266. The average molecular weight is 362 g/mol. The van der Waals surface area contributed by atoms with E-state index in [1.165, 1.54) is 4.88 Å². The van der Waals surface area contributed by atoms with Crippen molar-refractivity contribution in [1.82, 2.24) is 10.2 Å². The third kappa shape index (κ3) is 3.59. The Hall–Kier alpha value is -0.470. The lowest BCUT2D eigenvalue weighted by Crippen LogP contribution is -2.55. The number of thiophene rings is 1. The van der Waals surface area contributed by atoms with E-state index in [1.807, 2.05) is 12.3 Å². The van der Waals surface area contributed by atoms with Crippen molar-refractivity contribution in [2.24, 2.45) is 5.73 Å². The zero-order valence-electron chi connectivity index (χ0n) is 11.5. The summed E-state index contributed by atoms with van der Waals surface area (Å²) < 4.78 is 6.52. The topological polar surface area (TPSA) is 67.6 Å². The molecule has 1 saturated heterocycles. The van der Waals surface area contributed by atoms with Gasteiger partial charge in [0.05, 0.1) is 19.3 Å². The number of morpholine rings is 1. The predicted octanol–water partition coefficient (Wildman–Crippen LogP) is 1.35. The number of carbonyl (C=O) groups is 1. The molecule has 1 amide bonds. The maximum atomic E-state index is 12.2. The highest BCUT2D eigenvalue weighted by atomic mass is 79.9. The standard InChI is InChI=1S/C13H20BrN3O2S/c1-2-16-13(18)11-7-19-4-3-17(11)10(6-15)12-5-9(14)8-20-12/h5,8,10-11H,2-4,6-7,15H2,1H3,(H,16,18). The molecule has 1 fully saturated rings. The normalized spacial score (nSPS) is 21.6. The van der Waals surface area contributed by atoms with Crippen LogP contribution in [0.2, 0.25) is 0 Å². The van der Waals surface area contributed by atoms with Gasteiger partial charge >= 0.3 is 0 Å². The quantitative estimate of drug-likeness (QED) is 0.830. The molecule has 20 heavy (non-hydrogen) atoms. The molecule has 2 heterocycles. The molecule has 0 spiro atoms. The Morgan fingerprint density at radius 2 is 2.55 bits per heavy atom. The van der Waals surface area contributed by atoms with Crippen LogP contribution in [0, 0.1) is 0 Å². The molecule has 1 aliphatic rings. The van der Waals surface area contributed by atoms with Crippen molar-refractivity contribution in [2.75, 3.05) is 32.8 Å². The van der Waals surface area contributed by atoms with E-state index in [0.29, 0.717) is 26.3 Å². The molecule has 3 N–H and O–H groups in total. The number of halogens is 1. The van der Waals surface area contributed by atoms with Gasteiger partial charge in [0, 0.05) is 34.4 Å². The lowest BCUT2D eigenvalue weighted by molar-refractivity contribution is -0.134. The van der Waals surface area contributed by atoms with Crippen LogP contribution in [0.5, 0.6) is 0 Å². The smallest absolute Gasteiger partial charge is 0.239 e. The van der Waals surface area contributed by atoms with Crippen molar-refractivity contribution in [3.63, 3.8) is 0 Å². The molecular formula is C13H20BrN3O2S. The zero-order chi connectivity index (χ0) is 14.5. The summed E-state index contributed by atoms with van der Waals surface area (Å²) in [5, 5.41) is 4.91. The number of nitrogens with one attached hydrogen (secondary N) is 1. The van der Waals surface area contributed by atoms with E-state index in [2.05, 4.69) is 32.2 Å². The van der Waals surface area contributed by atoms with Crippen LogP contribution in [0.1, 0.15) is 17.8 Å². The van der Waals surface area contributed by atoms with Crippen molar-refractivity contribution in [3.8, 4) is 0 Å². The molecule has 2 rings (SSSR count). The number of nitrogens with two attached hydrogens (primary N) is 1. The van der Waals surface area contributed by atoms with Crippen molar-refractivity contribution >= 4 is 33.2 Å². The summed E-state index contributed by atoms with van der Waals surface area (Å²) in [5.41, 5.74) is 5.96. The van der Waals surface area contributed by atoms with Crippen LogP contribution >= 0.6 is 27.3 Å². The van der Waals surface area contributed by atoms with E-state index in [9.17, 15) is 4.79 Å². The molecule has 112 valence electrons. The number of carbonyl (C=O) groups excluding carboxylic acids is 1. The highest BCUT2D eigenvalue weighted by Crippen LogP contribution is 2.31. The fraction of sp³-hybridized carbons (Fsp3) is 0.615. The van der Waals surface area contributed by atoms with Gasteiger partial charge < -0.3 is 15.8 Å². The van der Waals surface area contributed by atoms with Gasteiger partial charge in [0.1, 0.15) is 6.04 Å². The fourth-order valence-electron chi connectivity index (χ4n) is 2.43. The molecule has 5 nitrogen and oxygen atoms in total. The average Bonchev–Trinajstić information content (AvgIpc) is 2.87. The SMILES string of the molecule is CCNC(=O)C1COCCN1C(CN)c1cc(Br)cs1. The fourth-order valence-corrected chi connectivity index (χ4v) is 4.00. The molecule has 0 radical (unpaired) electrons. The Balaban J connectivity index is 2.18. The van der Waals surface area contributed by atoms with Gasteiger partial charge in [-0.3, -0.25) is 9.69 Å². The summed E-state index contributed by atoms with van der Waals surface area (Å²) >= 11 is 5.13. The van der Waals surface area contributed by atoms with Crippen LogP contribution in [0.4, 0.5) is 0 Å². The number of amides is 1. The van der Waals surface area contributed by atoms with Crippen LogP contribution in [0.25, 0.3) is 0 Å². The second-order valence-electron chi connectivity index (χ2n) is 4.64. The summed E-state index contributed by atoms with van der Waals surface area (Å²) in [7, 11) is 0. The minimum absolute atomic E-state index is 0.0151. The Labute approximate surface area is 131 Å². The molecule has 1 aromatic rings. The van der Waals surface area contributed by atoms with Crippen LogP contribution in [0.15, 0.2) is 15.9 Å². The Bertz CT molecular complexity index is 455. The van der Waals surface area contributed by atoms with Gasteiger partial charge in [0.2, 0.25) is 5.91 Å². The number of hydrogen-bond acceptors (Lipinski definition) is 5. The highest BCUT2D eigenvalue weighted by molar-refractivity contribution is 9.10. The predicted molar refractivity (Wildman–Crippen MR) is 83.8 cm³/mol. The van der Waals surface area contributed by atoms with E-state index in [4.69, 9.17) is 10.5 Å². The highest BCUT2D eigenvalue weighted by Gasteiger charge is 2.34. The summed E-state index contributed by atoms with van der Waals surface area (Å²) in [6.07, 6.45) is 0. The van der Waals surface area contributed by atoms with Crippen molar-refractivity contribution in [1.29, 1.82) is 0 Å². The molecule has 2 atom stereocenters. The lowest BCUT2D eigenvalue weighted by atomic mass is 10.1. The van der Waals surface area contributed by atoms with Gasteiger partial charge in [-0.1, -0.05) is 0 Å². The van der Waals surface area contributed by atoms with Crippen molar-refractivity contribution in [3.05, 3.63) is 20.8 Å². The molecule has 0 aromatic carbocycles. The largest absolute Gasteiger partial charge is 0.378 e. The first-order valence-electron chi connectivity index (χ1n) is 6.72. The van der Waals surface area contributed by atoms with Gasteiger partial charge in [0.15, 0.2) is 0 Å². The van der Waals surface area contributed by atoms with Gasteiger partial charge in [-0.25, -0.2) is 0 Å². The number of hydrogen-bond donors (Lipinski definition) is 2. The molecular weight excluding hydrogens is 342 g/mol. The molecule has 1 aliphatic heterocycles. The monoisotopic (exact) mass is 361 g/mol. The summed E-state index contributed by atoms with van der Waals surface area (Å²) in [6, 6.07) is 1.87. The van der Waals surface area contributed by atoms with Crippen LogP contribution in [-0.4, -0.2) is 49.7 Å². The van der Waals surface area contributed by atoms with E-state index < -0.39 is 0 Å². The Kier molecular flexibility index (Phi) is 5.98. The zero-order valence-corrected chi connectivity index (χ0v) is 13.9. The minimum Gasteiger partial charge on any atom is -0.378 e. The third-order valence-electron chi connectivity index (χ3n) is 3.36. The number of nitrogens with zero attached hydrogens (tertiary/aromatic N) is 1. The van der Waals surface area contributed by atoms with Crippen LogP contribution in [-0.2, 0) is 9.53 Å². The first kappa shape index (κ1) is 15.9. The molecule has 0 saturated carbocycles. The Morgan fingerprint density at radius 3 is 3.15 bits per heavy atom. The maximum absolute atomic E-state index is 12.2. The van der Waals surface area contributed by atoms with E-state index >= 15 is 0 Å². The number of rotatable bonds is 5. The number of ether oxygens (including phenoxy) is 1. The van der Waals surface area contributed by atoms with Crippen LogP contribution in [0.3, 0.4) is 0 Å². The van der Waals surface area contributed by atoms with Crippen LogP contribution < -0.4 is 11.1 Å². The molecule has 2 unspecified atom stereocenters. The van der Waals surface area contributed by atoms with E-state index in [0.717, 1.165) is 11.0 Å². The first-order chi connectivity index (χ1) is 9.67.